The smallest absolute Gasteiger partial charge is 0.155 e. The average Bonchev–Trinajstić information content (AvgIpc) is 2.93. The highest BCUT2D eigenvalue weighted by atomic mass is 16.1. The lowest BCUT2D eigenvalue weighted by molar-refractivity contribution is 0.112. The highest BCUT2D eigenvalue weighted by molar-refractivity contribution is 5.82. The van der Waals surface area contributed by atoms with Gasteiger partial charge in [0.1, 0.15) is 11.6 Å². The molecule has 6 heteroatoms. The van der Waals surface area contributed by atoms with Gasteiger partial charge in [0.25, 0.3) is 0 Å². The van der Waals surface area contributed by atoms with E-state index in [2.05, 4.69) is 110 Å². The summed E-state index contributed by atoms with van der Waals surface area (Å²) in [5.74, 6) is 2.03. The van der Waals surface area contributed by atoms with Gasteiger partial charge in [-0.3, -0.25) is 4.79 Å². The summed E-state index contributed by atoms with van der Waals surface area (Å²) in [6.07, 6.45) is 4.85. The Labute approximate surface area is 231 Å². The van der Waals surface area contributed by atoms with E-state index in [4.69, 9.17) is 0 Å². The number of nitrogens with one attached hydrogen (secondary N) is 1. The molecule has 0 spiro atoms. The van der Waals surface area contributed by atoms with Gasteiger partial charge in [-0.05, 0) is 58.0 Å². The van der Waals surface area contributed by atoms with Gasteiger partial charge in [0, 0.05) is 32.9 Å². The molecule has 1 unspecified atom stereocenters. The van der Waals surface area contributed by atoms with Crippen LogP contribution in [0.5, 0.6) is 0 Å². The lowest BCUT2D eigenvalue weighted by Gasteiger charge is -2.24. The van der Waals surface area contributed by atoms with Crippen molar-refractivity contribution in [2.45, 2.75) is 59.9 Å². The van der Waals surface area contributed by atoms with E-state index in [-0.39, 0.29) is 0 Å². The Balaban J connectivity index is 0.000000403. The van der Waals surface area contributed by atoms with Crippen LogP contribution in [0.3, 0.4) is 0 Å². The molecule has 0 amide bonds. The fourth-order valence-corrected chi connectivity index (χ4v) is 3.68. The van der Waals surface area contributed by atoms with Crippen molar-refractivity contribution >= 4 is 12.1 Å². The summed E-state index contributed by atoms with van der Waals surface area (Å²) < 4.78 is 0. The van der Waals surface area contributed by atoms with Crippen molar-refractivity contribution in [3.8, 4) is 0 Å². The summed E-state index contributed by atoms with van der Waals surface area (Å²) in [5, 5.41) is 3.17. The summed E-state index contributed by atoms with van der Waals surface area (Å²) in [4.78, 5) is 23.8. The molecule has 0 saturated carbocycles. The predicted octanol–water partition coefficient (Wildman–Crippen LogP) is 6.29. The number of likely N-dealkylation sites (N-methyl/N-ethyl adjacent to an activating group) is 2. The van der Waals surface area contributed by atoms with Gasteiger partial charge < -0.3 is 15.1 Å². The van der Waals surface area contributed by atoms with E-state index in [0.29, 0.717) is 23.1 Å². The fourth-order valence-electron chi connectivity index (χ4n) is 3.68. The Morgan fingerprint density at radius 3 is 2.18 bits per heavy atom. The van der Waals surface area contributed by atoms with Crippen molar-refractivity contribution < 1.29 is 4.79 Å². The number of benzene rings is 2. The summed E-state index contributed by atoms with van der Waals surface area (Å²) in [6, 6.07) is 19.2. The van der Waals surface area contributed by atoms with Crippen molar-refractivity contribution in [2.24, 2.45) is 0 Å². The Bertz CT molecular complexity index is 1020. The van der Waals surface area contributed by atoms with Gasteiger partial charge in [-0.1, -0.05) is 87.4 Å². The number of nitrogens with zero attached hydrogens (tertiary/aromatic N) is 4. The fraction of sp³-hybridized carbons (Fsp3) is 0.469. The second-order valence-electron chi connectivity index (χ2n) is 9.87. The number of aromatic nitrogens is 2. The Kier molecular flexibility index (Phi) is 16.5. The van der Waals surface area contributed by atoms with Crippen molar-refractivity contribution in [3.05, 3.63) is 88.9 Å². The molecule has 0 aliphatic carbocycles. The summed E-state index contributed by atoms with van der Waals surface area (Å²) >= 11 is 0. The first kappa shape index (κ1) is 32.9. The summed E-state index contributed by atoms with van der Waals surface area (Å²) in [7, 11) is 6.05. The lowest BCUT2D eigenvalue weighted by Crippen LogP contribution is -2.31. The lowest BCUT2D eigenvalue weighted by atomic mass is 9.98. The van der Waals surface area contributed by atoms with Gasteiger partial charge in [0.15, 0.2) is 6.29 Å². The summed E-state index contributed by atoms with van der Waals surface area (Å²) in [5.41, 5.74) is 4.54. The zero-order valence-electron chi connectivity index (χ0n) is 24.9. The molecule has 208 valence electrons. The molecule has 2 aromatic carbocycles. The third-order valence-electron chi connectivity index (χ3n) is 5.99. The highest BCUT2D eigenvalue weighted by Crippen LogP contribution is 2.17. The van der Waals surface area contributed by atoms with Crippen LogP contribution in [0.25, 0.3) is 0 Å². The van der Waals surface area contributed by atoms with Crippen LogP contribution in [0.1, 0.15) is 72.4 Å². The number of carbonyl (C=O) groups is 1. The van der Waals surface area contributed by atoms with Crippen molar-refractivity contribution in [1.29, 1.82) is 0 Å². The zero-order valence-corrected chi connectivity index (χ0v) is 24.9. The Morgan fingerprint density at radius 1 is 0.974 bits per heavy atom. The largest absolute Gasteiger partial charge is 0.358 e. The van der Waals surface area contributed by atoms with E-state index in [1.807, 2.05) is 25.9 Å². The van der Waals surface area contributed by atoms with E-state index >= 15 is 0 Å². The van der Waals surface area contributed by atoms with Gasteiger partial charge in [-0.15, -0.1) is 0 Å². The van der Waals surface area contributed by atoms with Gasteiger partial charge in [-0.2, -0.15) is 0 Å². The molecule has 0 bridgehead atoms. The SMILES string of the molecule is CCC.CNCCC(C)c1ccccc1.Cc1ccc(CN(C)CCN(C)c2nc(C)ncc2C=O)cc1. The molecule has 1 N–H and O–H groups in total. The topological polar surface area (TPSA) is 61.4 Å². The molecule has 0 radical (unpaired) electrons. The maximum Gasteiger partial charge on any atom is 0.155 e. The molecule has 0 aliphatic heterocycles. The molecular formula is C32H49N5O. The van der Waals surface area contributed by atoms with Crippen LogP contribution < -0.4 is 10.2 Å². The standard InChI is InChI=1S/C18H24N4O.C11H17N.C3H8/c1-14-5-7-16(8-6-14)12-21(3)9-10-22(4)18-17(13-23)11-19-15(2)20-18;1-10(8-9-12-2)11-6-4-3-5-7-11;1-3-2/h5-8,11,13H,9-10,12H2,1-4H3;3-7,10,12H,8-9H2,1-2H3;3H2,1-2H3. The van der Waals surface area contributed by atoms with E-state index < -0.39 is 0 Å². The number of aryl methyl sites for hydroxylation is 2. The van der Waals surface area contributed by atoms with E-state index in [1.165, 1.54) is 29.5 Å². The van der Waals surface area contributed by atoms with Crippen LogP contribution in [0.15, 0.2) is 60.8 Å². The van der Waals surface area contributed by atoms with Crippen LogP contribution in [0, 0.1) is 13.8 Å². The molecular weight excluding hydrogens is 470 g/mol. The molecule has 1 atom stereocenters. The number of carbonyl (C=O) groups excluding carboxylic acids is 1. The molecule has 1 aromatic heterocycles. The van der Waals surface area contributed by atoms with Crippen molar-refractivity contribution in [1.82, 2.24) is 20.2 Å². The first-order valence-electron chi connectivity index (χ1n) is 13.7. The van der Waals surface area contributed by atoms with Crippen LogP contribution in [0.4, 0.5) is 5.82 Å². The number of hydrogen-bond acceptors (Lipinski definition) is 6. The minimum Gasteiger partial charge on any atom is -0.358 e. The number of aldehydes is 1. The van der Waals surface area contributed by atoms with Crippen molar-refractivity contribution in [3.63, 3.8) is 0 Å². The number of anilines is 1. The van der Waals surface area contributed by atoms with Crippen LogP contribution >= 0.6 is 0 Å². The van der Waals surface area contributed by atoms with Crippen LogP contribution in [-0.2, 0) is 6.54 Å². The van der Waals surface area contributed by atoms with Gasteiger partial charge in [0.2, 0.25) is 0 Å². The Hall–Kier alpha value is -3.09. The molecule has 0 saturated heterocycles. The first-order valence-corrected chi connectivity index (χ1v) is 13.7. The molecule has 3 rings (SSSR count). The minimum absolute atomic E-state index is 0.527. The van der Waals surface area contributed by atoms with Gasteiger partial charge >= 0.3 is 0 Å². The summed E-state index contributed by atoms with van der Waals surface area (Å²) in [6.45, 7) is 14.1. The first-order chi connectivity index (χ1) is 18.2. The minimum atomic E-state index is 0.527. The molecule has 0 fully saturated rings. The molecule has 1 heterocycles. The Morgan fingerprint density at radius 2 is 1.61 bits per heavy atom. The quantitative estimate of drug-likeness (QED) is 0.300. The van der Waals surface area contributed by atoms with Gasteiger partial charge in [0.05, 0.1) is 5.56 Å². The van der Waals surface area contributed by atoms with E-state index in [9.17, 15) is 4.79 Å². The average molecular weight is 520 g/mol. The van der Waals surface area contributed by atoms with E-state index in [0.717, 1.165) is 32.5 Å². The number of hydrogen-bond donors (Lipinski definition) is 1. The van der Waals surface area contributed by atoms with Gasteiger partial charge in [-0.25, -0.2) is 9.97 Å². The molecule has 38 heavy (non-hydrogen) atoms. The van der Waals surface area contributed by atoms with Crippen LogP contribution in [0.2, 0.25) is 0 Å². The predicted molar refractivity (Wildman–Crippen MR) is 162 cm³/mol. The van der Waals surface area contributed by atoms with E-state index in [1.54, 1.807) is 6.20 Å². The number of rotatable bonds is 11. The molecule has 3 aromatic rings. The zero-order chi connectivity index (χ0) is 28.3. The maximum atomic E-state index is 11.1. The molecule has 6 nitrogen and oxygen atoms in total. The van der Waals surface area contributed by atoms with Crippen LogP contribution in [-0.4, -0.2) is 61.9 Å². The monoisotopic (exact) mass is 519 g/mol. The third-order valence-corrected chi connectivity index (χ3v) is 5.99. The third kappa shape index (κ3) is 12.9. The normalized spacial score (nSPS) is 11.1. The highest BCUT2D eigenvalue weighted by Gasteiger charge is 2.11. The second kappa shape index (κ2) is 19.0. The van der Waals surface area contributed by atoms with Crippen molar-refractivity contribution in [2.75, 3.05) is 45.7 Å². The second-order valence-corrected chi connectivity index (χ2v) is 9.87. The molecule has 0 aliphatic rings. The maximum absolute atomic E-state index is 11.1.